The van der Waals surface area contributed by atoms with Crippen LogP contribution in [0.5, 0.6) is 0 Å². The van der Waals surface area contributed by atoms with Gasteiger partial charge in [0.25, 0.3) is 5.97 Å². The predicted molar refractivity (Wildman–Crippen MR) is 47.5 cm³/mol. The van der Waals surface area contributed by atoms with E-state index >= 15 is 0 Å². The number of aliphatic hydroxyl groups excluding tert-OH is 2. The van der Waals surface area contributed by atoms with Crippen LogP contribution < -0.4 is 0 Å². The quantitative estimate of drug-likeness (QED) is 0.530. The first-order chi connectivity index (χ1) is 6.04. The standard InChI is InChI=1S/C6H14O3.C2H4O2/c1-2-3-9-5-6(8)4-7;1-2(3)4/h6-8H,2-5H2,1H3;1H3,(H,3,4). The fraction of sp³-hybridized carbons (Fsp3) is 0.875. The van der Waals surface area contributed by atoms with Gasteiger partial charge in [0.05, 0.1) is 13.2 Å². The third-order valence-corrected chi connectivity index (χ3v) is 0.869. The SMILES string of the molecule is CC(=O)O.CCCOCC(O)CO. The highest BCUT2D eigenvalue weighted by Gasteiger charge is 1.98. The Hall–Kier alpha value is -0.650. The monoisotopic (exact) mass is 194 g/mol. The normalized spacial score (nSPS) is 11.4. The van der Waals surface area contributed by atoms with Crippen LogP contribution in [0.1, 0.15) is 20.3 Å². The molecule has 0 aliphatic heterocycles. The van der Waals surface area contributed by atoms with Crippen molar-refractivity contribution >= 4 is 5.97 Å². The average Bonchev–Trinajstić information content (AvgIpc) is 2.03. The van der Waals surface area contributed by atoms with Crippen molar-refractivity contribution in [3.63, 3.8) is 0 Å². The molecule has 80 valence electrons. The summed E-state index contributed by atoms with van der Waals surface area (Å²) in [7, 11) is 0. The van der Waals surface area contributed by atoms with Gasteiger partial charge in [-0.15, -0.1) is 0 Å². The molecule has 0 aliphatic rings. The summed E-state index contributed by atoms with van der Waals surface area (Å²) in [6.45, 7) is 3.75. The van der Waals surface area contributed by atoms with Gasteiger partial charge < -0.3 is 20.1 Å². The van der Waals surface area contributed by atoms with Crippen molar-refractivity contribution in [2.75, 3.05) is 19.8 Å². The third kappa shape index (κ3) is 24.6. The van der Waals surface area contributed by atoms with E-state index in [1.165, 1.54) is 0 Å². The molecule has 0 spiro atoms. The summed E-state index contributed by atoms with van der Waals surface area (Å²) < 4.78 is 4.93. The summed E-state index contributed by atoms with van der Waals surface area (Å²) in [6.07, 6.45) is 0.231. The highest BCUT2D eigenvalue weighted by Crippen LogP contribution is 1.84. The van der Waals surface area contributed by atoms with E-state index in [4.69, 9.17) is 24.9 Å². The molecule has 0 aromatic rings. The van der Waals surface area contributed by atoms with E-state index in [1.807, 2.05) is 6.92 Å². The molecule has 1 unspecified atom stereocenters. The smallest absolute Gasteiger partial charge is 0.300 e. The van der Waals surface area contributed by atoms with Gasteiger partial charge in [0.15, 0.2) is 0 Å². The van der Waals surface area contributed by atoms with Crippen molar-refractivity contribution in [1.29, 1.82) is 0 Å². The zero-order valence-corrected chi connectivity index (χ0v) is 8.06. The van der Waals surface area contributed by atoms with Crippen LogP contribution in [-0.2, 0) is 9.53 Å². The molecule has 0 heterocycles. The van der Waals surface area contributed by atoms with Crippen LogP contribution in [-0.4, -0.2) is 47.2 Å². The molecule has 0 aliphatic carbocycles. The Bertz CT molecular complexity index is 111. The first-order valence-electron chi connectivity index (χ1n) is 4.10. The second-order valence-electron chi connectivity index (χ2n) is 2.43. The van der Waals surface area contributed by atoms with E-state index in [-0.39, 0.29) is 13.2 Å². The number of carbonyl (C=O) groups is 1. The zero-order chi connectivity index (χ0) is 10.7. The van der Waals surface area contributed by atoms with Crippen molar-refractivity contribution in [2.24, 2.45) is 0 Å². The van der Waals surface area contributed by atoms with Crippen molar-refractivity contribution in [3.05, 3.63) is 0 Å². The number of aliphatic hydroxyl groups is 2. The minimum absolute atomic E-state index is 0.219. The molecule has 1 atom stereocenters. The van der Waals surface area contributed by atoms with Crippen LogP contribution in [0.4, 0.5) is 0 Å². The molecule has 0 fully saturated rings. The maximum Gasteiger partial charge on any atom is 0.300 e. The molecule has 0 bridgehead atoms. The van der Waals surface area contributed by atoms with Gasteiger partial charge in [0.1, 0.15) is 6.10 Å². The largest absolute Gasteiger partial charge is 0.481 e. The van der Waals surface area contributed by atoms with Gasteiger partial charge in [-0.05, 0) is 6.42 Å². The molecule has 0 aromatic heterocycles. The summed E-state index contributed by atoms with van der Waals surface area (Å²) in [4.78, 5) is 9.00. The van der Waals surface area contributed by atoms with Gasteiger partial charge in [-0.1, -0.05) is 6.92 Å². The fourth-order valence-corrected chi connectivity index (χ4v) is 0.416. The summed E-state index contributed by atoms with van der Waals surface area (Å²) in [6, 6.07) is 0. The Labute approximate surface area is 78.0 Å². The highest BCUT2D eigenvalue weighted by molar-refractivity contribution is 5.62. The van der Waals surface area contributed by atoms with Crippen LogP contribution in [0.15, 0.2) is 0 Å². The molecule has 3 N–H and O–H groups in total. The van der Waals surface area contributed by atoms with E-state index in [0.717, 1.165) is 13.3 Å². The van der Waals surface area contributed by atoms with Crippen LogP contribution in [0.25, 0.3) is 0 Å². The molecule has 5 nitrogen and oxygen atoms in total. The van der Waals surface area contributed by atoms with Crippen molar-refractivity contribution < 1.29 is 24.9 Å². The molecule has 13 heavy (non-hydrogen) atoms. The van der Waals surface area contributed by atoms with Gasteiger partial charge in [-0.2, -0.15) is 0 Å². The average molecular weight is 194 g/mol. The molecule has 0 aromatic carbocycles. The van der Waals surface area contributed by atoms with E-state index < -0.39 is 12.1 Å². The first-order valence-corrected chi connectivity index (χ1v) is 4.10. The number of aliphatic carboxylic acids is 1. The lowest BCUT2D eigenvalue weighted by atomic mass is 10.4. The Morgan fingerprint density at radius 1 is 1.54 bits per heavy atom. The number of carboxylic acids is 1. The maximum absolute atomic E-state index is 9.00. The van der Waals surface area contributed by atoms with E-state index in [9.17, 15) is 0 Å². The zero-order valence-electron chi connectivity index (χ0n) is 8.06. The lowest BCUT2D eigenvalue weighted by Gasteiger charge is -2.05. The van der Waals surface area contributed by atoms with E-state index in [0.29, 0.717) is 6.61 Å². The predicted octanol–water partition coefficient (Wildman–Crippen LogP) is -0.143. The highest BCUT2D eigenvalue weighted by atomic mass is 16.5. The molecule has 0 amide bonds. The van der Waals surface area contributed by atoms with Gasteiger partial charge in [0.2, 0.25) is 0 Å². The number of carboxylic acid groups (broad SMARTS) is 1. The van der Waals surface area contributed by atoms with Gasteiger partial charge in [-0.25, -0.2) is 0 Å². The lowest BCUT2D eigenvalue weighted by molar-refractivity contribution is -0.134. The maximum atomic E-state index is 9.00. The molecule has 5 heteroatoms. The second kappa shape index (κ2) is 11.4. The number of hydrogen-bond donors (Lipinski definition) is 3. The first kappa shape index (κ1) is 14.9. The molecule has 0 rings (SSSR count). The van der Waals surface area contributed by atoms with Crippen molar-refractivity contribution in [1.82, 2.24) is 0 Å². The summed E-state index contributed by atoms with van der Waals surface area (Å²) in [5, 5.41) is 24.4. The Balaban J connectivity index is 0. The number of ether oxygens (including phenoxy) is 1. The fourth-order valence-electron chi connectivity index (χ4n) is 0.416. The third-order valence-electron chi connectivity index (χ3n) is 0.869. The Morgan fingerprint density at radius 3 is 2.31 bits per heavy atom. The van der Waals surface area contributed by atoms with Crippen LogP contribution in [0, 0.1) is 0 Å². The minimum Gasteiger partial charge on any atom is -0.481 e. The number of hydrogen-bond acceptors (Lipinski definition) is 4. The number of rotatable bonds is 5. The molecular weight excluding hydrogens is 176 g/mol. The minimum atomic E-state index is -0.833. The molecule has 0 saturated carbocycles. The topological polar surface area (TPSA) is 87.0 Å². The Kier molecular flexibility index (Phi) is 13.0. The lowest BCUT2D eigenvalue weighted by Crippen LogP contribution is -2.19. The summed E-state index contributed by atoms with van der Waals surface area (Å²) in [5.41, 5.74) is 0. The van der Waals surface area contributed by atoms with Crippen molar-refractivity contribution in [2.45, 2.75) is 26.4 Å². The van der Waals surface area contributed by atoms with E-state index in [2.05, 4.69) is 0 Å². The van der Waals surface area contributed by atoms with Crippen LogP contribution in [0.3, 0.4) is 0 Å². The van der Waals surface area contributed by atoms with Gasteiger partial charge in [-0.3, -0.25) is 4.79 Å². The van der Waals surface area contributed by atoms with E-state index in [1.54, 1.807) is 0 Å². The molecular formula is C8H18O5. The molecule has 0 radical (unpaired) electrons. The van der Waals surface area contributed by atoms with Gasteiger partial charge >= 0.3 is 0 Å². The van der Waals surface area contributed by atoms with Gasteiger partial charge in [0, 0.05) is 13.5 Å². The summed E-state index contributed by atoms with van der Waals surface area (Å²) >= 11 is 0. The second-order valence-corrected chi connectivity index (χ2v) is 2.43. The Morgan fingerprint density at radius 2 is 2.00 bits per heavy atom. The summed E-state index contributed by atoms with van der Waals surface area (Å²) in [5.74, 6) is -0.833. The molecule has 0 saturated heterocycles. The van der Waals surface area contributed by atoms with Crippen LogP contribution in [0.2, 0.25) is 0 Å². The van der Waals surface area contributed by atoms with Crippen LogP contribution >= 0.6 is 0 Å². The van der Waals surface area contributed by atoms with Crippen molar-refractivity contribution in [3.8, 4) is 0 Å².